The van der Waals surface area contributed by atoms with Gasteiger partial charge in [0.25, 0.3) is 0 Å². The van der Waals surface area contributed by atoms with Gasteiger partial charge in [0.2, 0.25) is 0 Å². The average Bonchev–Trinajstić information content (AvgIpc) is 3.11. The summed E-state index contributed by atoms with van der Waals surface area (Å²) in [5.41, 5.74) is 2.21. The molecule has 0 bridgehead atoms. The third-order valence-electron chi connectivity index (χ3n) is 3.49. The van der Waals surface area contributed by atoms with Crippen LogP contribution in [0.3, 0.4) is 0 Å². The number of Topliss-reactive ketones (excluding diaryl/α,β-unsaturated/α-hetero) is 1. The van der Waals surface area contributed by atoms with Gasteiger partial charge in [0.1, 0.15) is 0 Å². The molecule has 2 heteroatoms. The quantitative estimate of drug-likeness (QED) is 0.825. The Balaban J connectivity index is 2.06. The molecule has 18 heavy (non-hydrogen) atoms. The third kappa shape index (κ3) is 3.20. The fraction of sp³-hybridized carbons (Fsp3) is 0.562. The smallest absolute Gasteiger partial charge is 0.179 e. The molecule has 0 heterocycles. The van der Waals surface area contributed by atoms with Crippen LogP contribution in [-0.2, 0) is 5.41 Å². The Hall–Kier alpha value is -1.15. The van der Waals surface area contributed by atoms with Crippen LogP contribution in [0.2, 0.25) is 0 Å². The van der Waals surface area contributed by atoms with Gasteiger partial charge in [0.05, 0.1) is 6.04 Å². The van der Waals surface area contributed by atoms with E-state index in [-0.39, 0.29) is 17.2 Å². The molecule has 0 amide bonds. The van der Waals surface area contributed by atoms with Crippen molar-refractivity contribution in [2.24, 2.45) is 0 Å². The summed E-state index contributed by atoms with van der Waals surface area (Å²) in [6.45, 7) is 8.50. The van der Waals surface area contributed by atoms with Gasteiger partial charge in [-0.2, -0.15) is 0 Å². The molecule has 1 atom stereocenters. The Kier molecular flexibility index (Phi) is 3.58. The van der Waals surface area contributed by atoms with Crippen molar-refractivity contribution in [2.45, 2.75) is 58.0 Å². The summed E-state index contributed by atoms with van der Waals surface area (Å²) in [4.78, 5) is 12.2. The van der Waals surface area contributed by atoms with Crippen LogP contribution >= 0.6 is 0 Å². The van der Waals surface area contributed by atoms with E-state index < -0.39 is 0 Å². The Morgan fingerprint density at radius 2 is 1.78 bits per heavy atom. The minimum Gasteiger partial charge on any atom is -0.305 e. The molecule has 1 N–H and O–H groups in total. The zero-order valence-corrected chi connectivity index (χ0v) is 11.8. The van der Waals surface area contributed by atoms with Gasteiger partial charge < -0.3 is 5.32 Å². The highest BCUT2D eigenvalue weighted by molar-refractivity contribution is 5.99. The van der Waals surface area contributed by atoms with E-state index in [1.807, 2.05) is 19.1 Å². The van der Waals surface area contributed by atoms with E-state index >= 15 is 0 Å². The number of rotatable bonds is 4. The highest BCUT2D eigenvalue weighted by atomic mass is 16.1. The summed E-state index contributed by atoms with van der Waals surface area (Å²) in [6.07, 6.45) is 2.42. The number of nitrogens with one attached hydrogen (secondary N) is 1. The van der Waals surface area contributed by atoms with Gasteiger partial charge in [-0.3, -0.25) is 4.79 Å². The van der Waals surface area contributed by atoms with E-state index in [2.05, 4.69) is 38.2 Å². The molecule has 1 fully saturated rings. The first-order chi connectivity index (χ1) is 8.38. The molecule has 1 aliphatic carbocycles. The highest BCUT2D eigenvalue weighted by Crippen LogP contribution is 2.23. The first-order valence-electron chi connectivity index (χ1n) is 6.79. The normalized spacial score (nSPS) is 17.6. The fourth-order valence-corrected chi connectivity index (χ4v) is 2.06. The molecule has 0 aromatic heterocycles. The third-order valence-corrected chi connectivity index (χ3v) is 3.49. The fourth-order valence-electron chi connectivity index (χ4n) is 2.06. The molecule has 1 aromatic rings. The van der Waals surface area contributed by atoms with Crippen molar-refractivity contribution in [1.82, 2.24) is 5.32 Å². The van der Waals surface area contributed by atoms with Gasteiger partial charge in [-0.15, -0.1) is 0 Å². The van der Waals surface area contributed by atoms with Gasteiger partial charge in [-0.1, -0.05) is 45.0 Å². The summed E-state index contributed by atoms with van der Waals surface area (Å²) in [6, 6.07) is 8.53. The minimum atomic E-state index is -0.0713. The van der Waals surface area contributed by atoms with Crippen LogP contribution in [-0.4, -0.2) is 17.9 Å². The lowest BCUT2D eigenvalue weighted by molar-refractivity contribution is 0.0950. The lowest BCUT2D eigenvalue weighted by Gasteiger charge is -2.19. The molecule has 0 radical (unpaired) electrons. The van der Waals surface area contributed by atoms with Crippen LogP contribution in [0.15, 0.2) is 24.3 Å². The molecule has 1 aromatic carbocycles. The van der Waals surface area contributed by atoms with E-state index in [9.17, 15) is 4.79 Å². The number of carbonyl (C=O) groups excluding carboxylic acids is 1. The molecule has 0 saturated heterocycles. The lowest BCUT2D eigenvalue weighted by atomic mass is 9.86. The average molecular weight is 245 g/mol. The minimum absolute atomic E-state index is 0.0713. The maximum absolute atomic E-state index is 12.2. The predicted octanol–water partition coefficient (Wildman–Crippen LogP) is 3.31. The number of benzene rings is 1. The summed E-state index contributed by atoms with van der Waals surface area (Å²) < 4.78 is 0. The standard InChI is InChI=1S/C16H23NO/c1-11(17-14-9-10-14)15(18)12-5-7-13(8-6-12)16(2,3)4/h5-8,11,14,17H,9-10H2,1-4H3. The molecule has 2 rings (SSSR count). The zero-order valence-electron chi connectivity index (χ0n) is 11.8. The summed E-state index contributed by atoms with van der Waals surface area (Å²) in [5, 5.41) is 3.35. The van der Waals surface area contributed by atoms with Crippen LogP contribution in [0.1, 0.15) is 56.5 Å². The lowest BCUT2D eigenvalue weighted by Crippen LogP contribution is -2.35. The largest absolute Gasteiger partial charge is 0.305 e. The van der Waals surface area contributed by atoms with E-state index in [1.54, 1.807) is 0 Å². The molecule has 0 aliphatic heterocycles. The Morgan fingerprint density at radius 1 is 1.22 bits per heavy atom. The van der Waals surface area contributed by atoms with Crippen molar-refractivity contribution < 1.29 is 4.79 Å². The van der Waals surface area contributed by atoms with Crippen molar-refractivity contribution in [2.75, 3.05) is 0 Å². The Labute approximate surface area is 110 Å². The molecule has 2 nitrogen and oxygen atoms in total. The van der Waals surface area contributed by atoms with Gasteiger partial charge in [-0.05, 0) is 30.7 Å². The number of carbonyl (C=O) groups is 1. The molecule has 1 aliphatic rings. The number of ketones is 1. The van der Waals surface area contributed by atoms with Crippen LogP contribution in [0.5, 0.6) is 0 Å². The van der Waals surface area contributed by atoms with Gasteiger partial charge in [0.15, 0.2) is 5.78 Å². The van der Waals surface area contributed by atoms with Crippen molar-refractivity contribution in [3.63, 3.8) is 0 Å². The van der Waals surface area contributed by atoms with Crippen molar-refractivity contribution >= 4 is 5.78 Å². The first kappa shape index (κ1) is 13.3. The second-order valence-corrected chi connectivity index (χ2v) is 6.35. The van der Waals surface area contributed by atoms with Crippen LogP contribution < -0.4 is 5.32 Å². The maximum Gasteiger partial charge on any atom is 0.179 e. The molecule has 1 unspecified atom stereocenters. The number of hydrogen-bond acceptors (Lipinski definition) is 2. The van der Waals surface area contributed by atoms with E-state index in [4.69, 9.17) is 0 Å². The number of hydrogen-bond donors (Lipinski definition) is 1. The monoisotopic (exact) mass is 245 g/mol. The zero-order chi connectivity index (χ0) is 13.3. The molecule has 1 saturated carbocycles. The second kappa shape index (κ2) is 4.85. The molecular formula is C16H23NO. The van der Waals surface area contributed by atoms with Crippen molar-refractivity contribution in [1.29, 1.82) is 0 Å². The highest BCUT2D eigenvalue weighted by Gasteiger charge is 2.26. The second-order valence-electron chi connectivity index (χ2n) is 6.35. The molecule has 98 valence electrons. The van der Waals surface area contributed by atoms with Crippen LogP contribution in [0, 0.1) is 0 Å². The van der Waals surface area contributed by atoms with Gasteiger partial charge >= 0.3 is 0 Å². The van der Waals surface area contributed by atoms with Gasteiger partial charge in [-0.25, -0.2) is 0 Å². The Bertz CT molecular complexity index is 423. The Morgan fingerprint density at radius 3 is 2.22 bits per heavy atom. The van der Waals surface area contributed by atoms with Crippen molar-refractivity contribution in [3.8, 4) is 0 Å². The summed E-state index contributed by atoms with van der Waals surface area (Å²) >= 11 is 0. The maximum atomic E-state index is 12.2. The van der Waals surface area contributed by atoms with E-state index in [1.165, 1.54) is 18.4 Å². The summed E-state index contributed by atoms with van der Waals surface area (Å²) in [7, 11) is 0. The van der Waals surface area contributed by atoms with E-state index in [0.29, 0.717) is 6.04 Å². The molecule has 0 spiro atoms. The van der Waals surface area contributed by atoms with Gasteiger partial charge in [0, 0.05) is 11.6 Å². The van der Waals surface area contributed by atoms with Crippen molar-refractivity contribution in [3.05, 3.63) is 35.4 Å². The van der Waals surface area contributed by atoms with Crippen LogP contribution in [0.25, 0.3) is 0 Å². The first-order valence-corrected chi connectivity index (χ1v) is 6.79. The molecular weight excluding hydrogens is 222 g/mol. The van der Waals surface area contributed by atoms with Crippen LogP contribution in [0.4, 0.5) is 0 Å². The predicted molar refractivity (Wildman–Crippen MR) is 75.1 cm³/mol. The SMILES string of the molecule is CC(NC1CC1)C(=O)c1ccc(C(C)(C)C)cc1. The summed E-state index contributed by atoms with van der Waals surface area (Å²) in [5.74, 6) is 0.197. The van der Waals surface area contributed by atoms with E-state index in [0.717, 1.165) is 5.56 Å². The topological polar surface area (TPSA) is 29.1 Å².